The first kappa shape index (κ1) is 21.0. The largest absolute Gasteiger partial charge is 0.456 e. The number of imidazole rings is 1. The van der Waals surface area contributed by atoms with Gasteiger partial charge in [0.15, 0.2) is 11.2 Å². The molecule has 1 aromatic carbocycles. The van der Waals surface area contributed by atoms with Crippen molar-refractivity contribution in [3.8, 4) is 0 Å². The maximum atomic E-state index is 12.4. The van der Waals surface area contributed by atoms with Crippen molar-refractivity contribution in [1.82, 2.24) is 19.5 Å². The van der Waals surface area contributed by atoms with Gasteiger partial charge in [0.2, 0.25) is 5.95 Å². The van der Waals surface area contributed by atoms with Gasteiger partial charge in [0.1, 0.15) is 18.4 Å². The number of H-pyrrole nitrogens is 1. The molecule has 4 rings (SSSR count). The molecule has 10 heteroatoms. The van der Waals surface area contributed by atoms with Crippen LogP contribution in [0.25, 0.3) is 11.2 Å². The summed E-state index contributed by atoms with van der Waals surface area (Å²) in [6.07, 6.45) is -0.183. The number of carbonyl (C=O) groups excluding carboxylic acids is 1. The van der Waals surface area contributed by atoms with Crippen LogP contribution in [0, 0.1) is 5.92 Å². The first-order valence-electron chi connectivity index (χ1n) is 10.2. The minimum Gasteiger partial charge on any atom is -0.456 e. The quantitative estimate of drug-likeness (QED) is 0.486. The summed E-state index contributed by atoms with van der Waals surface area (Å²) in [7, 11) is 0. The topological polar surface area (TPSA) is 131 Å². The maximum absolute atomic E-state index is 12.4. The van der Waals surface area contributed by atoms with Gasteiger partial charge in [-0.3, -0.25) is 14.3 Å². The number of aliphatic hydroxyl groups excluding tert-OH is 1. The van der Waals surface area contributed by atoms with Gasteiger partial charge < -0.3 is 19.9 Å². The van der Waals surface area contributed by atoms with Crippen LogP contribution in [0.3, 0.4) is 0 Å². The highest BCUT2D eigenvalue weighted by atomic mass is 16.6. The number of hydrogen-bond donors (Lipinski definition) is 3. The van der Waals surface area contributed by atoms with Crippen LogP contribution in [0.4, 0.5) is 5.95 Å². The van der Waals surface area contributed by atoms with Crippen molar-refractivity contribution in [2.75, 3.05) is 18.5 Å². The van der Waals surface area contributed by atoms with E-state index in [9.17, 15) is 14.7 Å². The highest BCUT2D eigenvalue weighted by molar-refractivity contribution is 5.89. The summed E-state index contributed by atoms with van der Waals surface area (Å²) < 4.78 is 13.1. The smallest absolute Gasteiger partial charge is 0.338 e. The van der Waals surface area contributed by atoms with Crippen LogP contribution in [0.15, 0.2) is 41.5 Å². The van der Waals surface area contributed by atoms with E-state index in [0.29, 0.717) is 36.0 Å². The van der Waals surface area contributed by atoms with Crippen LogP contribution >= 0.6 is 0 Å². The number of aliphatic hydroxyl groups is 1. The molecule has 0 saturated carbocycles. The van der Waals surface area contributed by atoms with Crippen molar-refractivity contribution < 1.29 is 19.4 Å². The Balaban J connectivity index is 1.56. The van der Waals surface area contributed by atoms with Gasteiger partial charge >= 0.3 is 5.97 Å². The van der Waals surface area contributed by atoms with E-state index >= 15 is 0 Å². The number of nitrogens with zero attached hydrogens (tertiary/aromatic N) is 3. The number of anilines is 1. The fraction of sp³-hybridized carbons (Fsp3) is 0.429. The first-order valence-corrected chi connectivity index (χ1v) is 10.2. The second-order valence-electron chi connectivity index (χ2n) is 7.87. The van der Waals surface area contributed by atoms with E-state index in [1.54, 1.807) is 28.8 Å². The predicted octanol–water partition coefficient (Wildman–Crippen LogP) is 1.69. The number of carbonyl (C=O) groups is 1. The Labute approximate surface area is 178 Å². The zero-order chi connectivity index (χ0) is 22.0. The molecule has 0 aliphatic carbocycles. The van der Waals surface area contributed by atoms with E-state index in [1.807, 2.05) is 19.9 Å². The highest BCUT2D eigenvalue weighted by Crippen LogP contribution is 2.32. The van der Waals surface area contributed by atoms with Crippen LogP contribution in [0.5, 0.6) is 0 Å². The third-order valence-corrected chi connectivity index (χ3v) is 5.05. The van der Waals surface area contributed by atoms with Gasteiger partial charge in [0.05, 0.1) is 18.5 Å². The molecule has 3 N–H and O–H groups in total. The summed E-state index contributed by atoms with van der Waals surface area (Å²) >= 11 is 0. The second-order valence-corrected chi connectivity index (χ2v) is 7.87. The van der Waals surface area contributed by atoms with Crippen molar-refractivity contribution in [2.24, 2.45) is 5.92 Å². The standard InChI is InChI=1S/C21H25N5O5/c1-12(2)9-22-21-24-18-17(19(28)25-21)23-11-26(18)16-8-14(15(10-27)30-16)31-20(29)13-6-4-3-5-7-13/h3-7,11-12,14-16,27H,8-10H2,1-2H3,(H2,22,24,25,28)/t14-,15-,16-/m1/s1. The lowest BCUT2D eigenvalue weighted by Gasteiger charge is -2.16. The highest BCUT2D eigenvalue weighted by Gasteiger charge is 2.39. The molecule has 1 aliphatic rings. The Morgan fingerprint density at radius 1 is 1.39 bits per heavy atom. The van der Waals surface area contributed by atoms with Crippen LogP contribution < -0.4 is 10.9 Å². The number of nitrogens with one attached hydrogen (secondary N) is 2. The lowest BCUT2D eigenvalue weighted by atomic mass is 10.1. The molecule has 0 radical (unpaired) electrons. The molecule has 31 heavy (non-hydrogen) atoms. The molecule has 164 valence electrons. The minimum atomic E-state index is -0.698. The average Bonchev–Trinajstić information content (AvgIpc) is 3.37. The van der Waals surface area contributed by atoms with Gasteiger partial charge in [-0.25, -0.2) is 9.78 Å². The number of ether oxygens (including phenoxy) is 2. The average molecular weight is 427 g/mol. The van der Waals surface area contributed by atoms with Crippen LogP contribution in [0.2, 0.25) is 0 Å². The zero-order valence-electron chi connectivity index (χ0n) is 17.3. The van der Waals surface area contributed by atoms with Gasteiger partial charge in [-0.2, -0.15) is 4.98 Å². The Morgan fingerprint density at radius 3 is 2.87 bits per heavy atom. The van der Waals surface area contributed by atoms with Crippen LogP contribution in [0.1, 0.15) is 36.9 Å². The summed E-state index contributed by atoms with van der Waals surface area (Å²) in [6.45, 7) is 4.43. The van der Waals surface area contributed by atoms with E-state index in [0.717, 1.165) is 0 Å². The van der Waals surface area contributed by atoms with Gasteiger partial charge in [0, 0.05) is 13.0 Å². The molecular formula is C21H25N5O5. The first-order chi connectivity index (χ1) is 15.0. The fourth-order valence-electron chi connectivity index (χ4n) is 3.46. The molecule has 3 atom stereocenters. The summed E-state index contributed by atoms with van der Waals surface area (Å²) in [6, 6.07) is 8.63. The van der Waals surface area contributed by atoms with Gasteiger partial charge in [-0.1, -0.05) is 32.0 Å². The summed E-state index contributed by atoms with van der Waals surface area (Å²) in [5.74, 6) is 0.227. The number of aromatic nitrogens is 4. The van der Waals surface area contributed by atoms with E-state index in [2.05, 4.69) is 20.3 Å². The van der Waals surface area contributed by atoms with Crippen molar-refractivity contribution in [3.63, 3.8) is 0 Å². The monoisotopic (exact) mass is 427 g/mol. The Hall–Kier alpha value is -3.24. The van der Waals surface area contributed by atoms with Crippen LogP contribution in [-0.2, 0) is 9.47 Å². The molecule has 1 aliphatic heterocycles. The van der Waals surface area contributed by atoms with E-state index in [4.69, 9.17) is 9.47 Å². The summed E-state index contributed by atoms with van der Waals surface area (Å²) in [5.41, 5.74) is 0.597. The third kappa shape index (κ3) is 4.44. The Bertz CT molecular complexity index is 1110. The maximum Gasteiger partial charge on any atom is 0.338 e. The normalized spacial score (nSPS) is 21.0. The molecule has 0 unspecified atom stereocenters. The van der Waals surface area contributed by atoms with E-state index < -0.39 is 24.4 Å². The number of rotatable bonds is 7. The predicted molar refractivity (Wildman–Crippen MR) is 113 cm³/mol. The number of fused-ring (bicyclic) bond motifs is 1. The van der Waals surface area contributed by atoms with E-state index in [-0.39, 0.29) is 17.7 Å². The molecule has 2 aromatic heterocycles. The zero-order valence-corrected chi connectivity index (χ0v) is 17.3. The Morgan fingerprint density at radius 2 is 2.16 bits per heavy atom. The molecule has 0 bridgehead atoms. The number of hydrogen-bond acceptors (Lipinski definition) is 8. The molecule has 3 aromatic rings. The number of aromatic amines is 1. The minimum absolute atomic E-state index is 0.184. The Kier molecular flexibility index (Phi) is 6.01. The SMILES string of the molecule is CC(C)CNc1nc2c(ncn2[C@H]2C[C@@H](OC(=O)c3ccccc3)[C@@H](CO)O2)c(=O)[nH]1. The van der Waals surface area contributed by atoms with Crippen molar-refractivity contribution >= 4 is 23.1 Å². The third-order valence-electron chi connectivity index (χ3n) is 5.05. The van der Waals surface area contributed by atoms with Crippen molar-refractivity contribution in [1.29, 1.82) is 0 Å². The molecule has 1 fully saturated rings. The molecule has 3 heterocycles. The summed E-state index contributed by atoms with van der Waals surface area (Å²) in [4.78, 5) is 36.2. The van der Waals surface area contributed by atoms with Gasteiger partial charge in [-0.15, -0.1) is 0 Å². The molecule has 0 spiro atoms. The van der Waals surface area contributed by atoms with Gasteiger partial charge in [0.25, 0.3) is 5.56 Å². The lowest BCUT2D eigenvalue weighted by molar-refractivity contribution is -0.0500. The number of benzene rings is 1. The molecule has 1 saturated heterocycles. The van der Waals surface area contributed by atoms with E-state index in [1.165, 1.54) is 6.33 Å². The molecule has 0 amide bonds. The van der Waals surface area contributed by atoms with Gasteiger partial charge in [-0.05, 0) is 18.1 Å². The van der Waals surface area contributed by atoms with Crippen molar-refractivity contribution in [2.45, 2.75) is 38.7 Å². The second kappa shape index (κ2) is 8.86. The fourth-order valence-corrected chi connectivity index (χ4v) is 3.46. The molecule has 10 nitrogen and oxygen atoms in total. The lowest BCUT2D eigenvalue weighted by Crippen LogP contribution is -2.30. The molecular weight excluding hydrogens is 402 g/mol. The van der Waals surface area contributed by atoms with Crippen LogP contribution in [-0.4, -0.2) is 56.0 Å². The summed E-state index contributed by atoms with van der Waals surface area (Å²) in [5, 5.41) is 12.8. The van der Waals surface area contributed by atoms with Crippen molar-refractivity contribution in [3.05, 3.63) is 52.6 Å². The number of esters is 1.